The lowest BCUT2D eigenvalue weighted by atomic mass is 9.77. The zero-order valence-electron chi connectivity index (χ0n) is 19.8. The molecular weight excluding hydrogens is 410 g/mol. The highest BCUT2D eigenvalue weighted by atomic mass is 16.6. The largest absolute Gasteiger partial charge is 0.440 e. The molecule has 0 bridgehead atoms. The van der Waals surface area contributed by atoms with E-state index in [9.17, 15) is 4.79 Å². The topological polar surface area (TPSA) is 47.4 Å². The maximum Gasteiger partial charge on any atom is 0.340 e. The maximum absolute atomic E-state index is 13.2. The van der Waals surface area contributed by atoms with Crippen molar-refractivity contribution in [3.8, 4) is 0 Å². The molecule has 0 aliphatic carbocycles. The van der Waals surface area contributed by atoms with Gasteiger partial charge < -0.3 is 14.2 Å². The van der Waals surface area contributed by atoms with Gasteiger partial charge in [0.25, 0.3) is 0 Å². The van der Waals surface area contributed by atoms with Crippen molar-refractivity contribution in [3.05, 3.63) is 94.4 Å². The first-order valence-electron chi connectivity index (χ1n) is 11.5. The highest BCUT2D eigenvalue weighted by Gasteiger charge is 2.51. The molecule has 1 aliphatic rings. The number of ether oxygens (including phenoxy) is 1. The van der Waals surface area contributed by atoms with Crippen LogP contribution in [0.5, 0.6) is 0 Å². The van der Waals surface area contributed by atoms with E-state index in [4.69, 9.17) is 4.74 Å². The summed E-state index contributed by atoms with van der Waals surface area (Å²) >= 11 is 0. The van der Waals surface area contributed by atoms with Gasteiger partial charge >= 0.3 is 5.97 Å². The van der Waals surface area contributed by atoms with Crippen molar-refractivity contribution < 1.29 is 9.53 Å². The van der Waals surface area contributed by atoms with Gasteiger partial charge in [-0.15, -0.1) is 0 Å². The number of hydrogen-bond acceptors (Lipinski definition) is 4. The van der Waals surface area contributed by atoms with Crippen molar-refractivity contribution in [2.75, 3.05) is 18.0 Å². The quantitative estimate of drug-likeness (QED) is 0.385. The summed E-state index contributed by atoms with van der Waals surface area (Å²) in [6.45, 7) is 10.4. The second kappa shape index (κ2) is 7.77. The van der Waals surface area contributed by atoms with Gasteiger partial charge in [-0.25, -0.2) is 4.79 Å². The number of anilines is 1. The maximum atomic E-state index is 13.2. The average molecular weight is 440 g/mol. The van der Waals surface area contributed by atoms with Crippen molar-refractivity contribution >= 4 is 22.6 Å². The van der Waals surface area contributed by atoms with E-state index in [0.717, 1.165) is 51.9 Å². The van der Waals surface area contributed by atoms with Crippen molar-refractivity contribution in [1.82, 2.24) is 9.55 Å². The zero-order valence-corrected chi connectivity index (χ0v) is 19.8. The van der Waals surface area contributed by atoms with Crippen molar-refractivity contribution in [3.63, 3.8) is 0 Å². The number of carbonyl (C=O) groups excluding carboxylic acids is 1. The molecule has 168 valence electrons. The second-order valence-corrected chi connectivity index (χ2v) is 8.70. The van der Waals surface area contributed by atoms with E-state index >= 15 is 0 Å². The summed E-state index contributed by atoms with van der Waals surface area (Å²) < 4.78 is 8.60. The number of aromatic nitrogens is 2. The molecule has 0 saturated heterocycles. The summed E-state index contributed by atoms with van der Waals surface area (Å²) in [6.07, 6.45) is 3.45. The standard InChI is InChI=1S/C28H29N3O2/c1-6-31(7-2)20-12-13-23(18(3)16-20)28(24-17-29-15-14-21(24)27(32)33-28)26-19(4)30(5)25-11-9-8-10-22(25)26/h8-17H,6-7H2,1-5H3. The van der Waals surface area contributed by atoms with E-state index in [1.54, 1.807) is 18.5 Å². The van der Waals surface area contributed by atoms with Crippen LogP contribution < -0.4 is 4.90 Å². The van der Waals surface area contributed by atoms with Crippen LogP contribution in [0.3, 0.4) is 0 Å². The Balaban J connectivity index is 1.87. The Hall–Kier alpha value is -3.60. The molecule has 1 aliphatic heterocycles. The molecule has 5 rings (SSSR count). The van der Waals surface area contributed by atoms with Gasteiger partial charge in [-0.05, 0) is 57.5 Å². The fourth-order valence-electron chi connectivity index (χ4n) is 5.42. The zero-order chi connectivity index (χ0) is 23.3. The van der Waals surface area contributed by atoms with Gasteiger partial charge in [-0.3, -0.25) is 4.98 Å². The number of rotatable bonds is 5. The Kier molecular flexibility index (Phi) is 5.00. The first-order chi connectivity index (χ1) is 15.9. The van der Waals surface area contributed by atoms with Crippen LogP contribution >= 0.6 is 0 Å². The van der Waals surface area contributed by atoms with E-state index < -0.39 is 5.60 Å². The lowest BCUT2D eigenvalue weighted by Crippen LogP contribution is -2.32. The summed E-state index contributed by atoms with van der Waals surface area (Å²) in [5.74, 6) is -0.313. The van der Waals surface area contributed by atoms with Crippen LogP contribution in [0.2, 0.25) is 0 Å². The molecule has 5 nitrogen and oxygen atoms in total. The number of carbonyl (C=O) groups is 1. The minimum Gasteiger partial charge on any atom is -0.440 e. The van der Waals surface area contributed by atoms with Gasteiger partial charge in [0.05, 0.1) is 5.56 Å². The summed E-state index contributed by atoms with van der Waals surface area (Å²) in [6, 6.07) is 16.5. The molecule has 1 atom stereocenters. The molecule has 0 amide bonds. The third-order valence-electron chi connectivity index (χ3n) is 7.14. The van der Waals surface area contributed by atoms with Gasteiger partial charge in [0.1, 0.15) is 0 Å². The van der Waals surface area contributed by atoms with Gasteiger partial charge in [-0.2, -0.15) is 0 Å². The SMILES string of the molecule is CCN(CC)c1ccc(C2(c3c(C)n(C)c4ccccc34)OC(=O)c3ccncc32)c(C)c1. The van der Waals surface area contributed by atoms with E-state index in [1.165, 1.54) is 5.69 Å². The fraction of sp³-hybridized carbons (Fsp3) is 0.286. The van der Waals surface area contributed by atoms with E-state index in [2.05, 4.69) is 79.5 Å². The Morgan fingerprint density at radius 3 is 2.52 bits per heavy atom. The van der Waals surface area contributed by atoms with E-state index in [0.29, 0.717) is 5.56 Å². The third-order valence-corrected chi connectivity index (χ3v) is 7.14. The number of nitrogens with zero attached hydrogens (tertiary/aromatic N) is 3. The summed E-state index contributed by atoms with van der Waals surface area (Å²) in [4.78, 5) is 19.9. The Morgan fingerprint density at radius 1 is 1.03 bits per heavy atom. The Morgan fingerprint density at radius 2 is 1.79 bits per heavy atom. The number of hydrogen-bond donors (Lipinski definition) is 0. The third kappa shape index (κ3) is 2.92. The van der Waals surface area contributed by atoms with Crippen molar-refractivity contribution in [1.29, 1.82) is 0 Å². The number of cyclic esters (lactones) is 1. The second-order valence-electron chi connectivity index (χ2n) is 8.70. The van der Waals surface area contributed by atoms with Crippen LogP contribution in [-0.2, 0) is 17.4 Å². The number of aryl methyl sites for hydroxylation is 2. The lowest BCUT2D eigenvalue weighted by Gasteiger charge is -2.33. The lowest BCUT2D eigenvalue weighted by molar-refractivity contribution is 0.0252. The Labute approximate surface area is 194 Å². The highest BCUT2D eigenvalue weighted by Crippen LogP contribution is 2.51. The average Bonchev–Trinajstić information content (AvgIpc) is 3.26. The number of para-hydroxylation sites is 1. The molecule has 5 heteroatoms. The number of pyridine rings is 1. The highest BCUT2D eigenvalue weighted by molar-refractivity contribution is 5.98. The summed E-state index contributed by atoms with van der Waals surface area (Å²) in [5.41, 5.74) is 6.70. The predicted molar refractivity (Wildman–Crippen MR) is 132 cm³/mol. The van der Waals surface area contributed by atoms with Crippen LogP contribution in [0.4, 0.5) is 5.69 Å². The van der Waals surface area contributed by atoms with Gasteiger partial charge in [0.15, 0.2) is 5.60 Å². The minimum absolute atomic E-state index is 0.313. The molecule has 33 heavy (non-hydrogen) atoms. The molecule has 2 aromatic carbocycles. The molecule has 0 fully saturated rings. The molecule has 0 N–H and O–H groups in total. The number of esters is 1. The Bertz CT molecular complexity index is 1380. The first kappa shape index (κ1) is 21.3. The van der Waals surface area contributed by atoms with Crippen molar-refractivity contribution in [2.24, 2.45) is 7.05 Å². The van der Waals surface area contributed by atoms with E-state index in [-0.39, 0.29) is 5.97 Å². The molecule has 1 unspecified atom stereocenters. The van der Waals surface area contributed by atoms with Crippen LogP contribution in [-0.4, -0.2) is 28.6 Å². The normalized spacial score (nSPS) is 17.3. The molecule has 0 radical (unpaired) electrons. The van der Waals surface area contributed by atoms with Crippen LogP contribution in [0.25, 0.3) is 10.9 Å². The molecule has 4 aromatic rings. The summed E-state index contributed by atoms with van der Waals surface area (Å²) in [7, 11) is 2.06. The summed E-state index contributed by atoms with van der Waals surface area (Å²) in [5, 5.41) is 1.08. The van der Waals surface area contributed by atoms with Crippen molar-refractivity contribution in [2.45, 2.75) is 33.3 Å². The van der Waals surface area contributed by atoms with Gasteiger partial charge in [-0.1, -0.05) is 24.3 Å². The van der Waals surface area contributed by atoms with E-state index in [1.807, 2.05) is 12.1 Å². The van der Waals surface area contributed by atoms with Gasteiger partial charge in [0.2, 0.25) is 0 Å². The number of benzene rings is 2. The predicted octanol–water partition coefficient (Wildman–Crippen LogP) is 5.50. The monoisotopic (exact) mass is 439 g/mol. The molecule has 3 heterocycles. The minimum atomic E-state index is -1.06. The molecule has 0 saturated carbocycles. The first-order valence-corrected chi connectivity index (χ1v) is 11.5. The number of fused-ring (bicyclic) bond motifs is 2. The molecular formula is C28H29N3O2. The van der Waals surface area contributed by atoms with Gasteiger partial charge in [0, 0.05) is 71.5 Å². The smallest absolute Gasteiger partial charge is 0.340 e. The molecule has 2 aromatic heterocycles. The fourth-order valence-corrected chi connectivity index (χ4v) is 5.42. The van der Waals surface area contributed by atoms with Crippen LogP contribution in [0, 0.1) is 13.8 Å². The van der Waals surface area contributed by atoms with Crippen LogP contribution in [0.15, 0.2) is 60.9 Å². The molecule has 0 spiro atoms. The van der Waals surface area contributed by atoms with Crippen LogP contribution in [0.1, 0.15) is 52.2 Å².